The number of hydrogen-bond acceptors (Lipinski definition) is 3. The van der Waals surface area contributed by atoms with Gasteiger partial charge in [-0.2, -0.15) is 0 Å². The van der Waals surface area contributed by atoms with Gasteiger partial charge in [0.2, 0.25) is 0 Å². The maximum atomic E-state index is 9.17. The second-order valence-electron chi connectivity index (χ2n) is 4.07. The number of phenolic OH excluding ortho intramolecular Hbond substituents is 1. The number of quaternary nitrogens is 1. The number of aromatic hydroxyl groups is 1. The second-order valence-corrected chi connectivity index (χ2v) is 4.07. The molecule has 0 saturated heterocycles. The normalized spacial score (nSPS) is 9.41. The molecular weight excluding hydrogens is 335 g/mol. The van der Waals surface area contributed by atoms with Crippen LogP contribution in [-0.4, -0.2) is 39.4 Å². The van der Waals surface area contributed by atoms with Crippen molar-refractivity contribution in [1.82, 2.24) is 9.80 Å². The van der Waals surface area contributed by atoms with Gasteiger partial charge in [-0.1, -0.05) is 6.07 Å². The molecule has 0 aromatic heterocycles. The number of hydrogen-bond donors (Lipinski definition) is 2. The summed E-state index contributed by atoms with van der Waals surface area (Å²) in [6.45, 7) is 0. The summed E-state index contributed by atoms with van der Waals surface area (Å²) in [6, 6.07) is 7.31. The Morgan fingerprint density at radius 2 is 1.82 bits per heavy atom. The van der Waals surface area contributed by atoms with Crippen LogP contribution in [0.25, 0.3) is 0 Å². The first kappa shape index (κ1) is 18.3. The molecule has 1 rings (SSSR count). The van der Waals surface area contributed by atoms with Crippen molar-refractivity contribution >= 4 is 35.8 Å². The third kappa shape index (κ3) is 8.75. The maximum Gasteiger partial charge on any atom is 0.135 e. The van der Waals surface area contributed by atoms with Crippen LogP contribution in [0.1, 0.15) is 0 Å². The van der Waals surface area contributed by atoms with Crippen LogP contribution in [0.5, 0.6) is 5.75 Å². The van der Waals surface area contributed by atoms with E-state index in [1.807, 2.05) is 17.4 Å². The maximum absolute atomic E-state index is 9.17. The average Bonchev–Trinajstić information content (AvgIpc) is 2.17. The summed E-state index contributed by atoms with van der Waals surface area (Å²) < 4.78 is 0.731. The number of halogens is 1. The minimum Gasteiger partial charge on any atom is -0.530 e. The van der Waals surface area contributed by atoms with Crippen molar-refractivity contribution in [2.24, 2.45) is 0 Å². The van der Waals surface area contributed by atoms with Crippen LogP contribution < -0.4 is 14.9 Å². The quantitative estimate of drug-likeness (QED) is 0.578. The predicted molar refractivity (Wildman–Crippen MR) is 77.5 cm³/mol. The zero-order valence-corrected chi connectivity index (χ0v) is 12.8. The molecule has 2 N–H and O–H groups in total. The third-order valence-electron chi connectivity index (χ3n) is 1.81. The smallest absolute Gasteiger partial charge is 0.135 e. The van der Waals surface area contributed by atoms with Gasteiger partial charge in [-0.25, -0.2) is 0 Å². The topological polar surface area (TPSA) is 72.4 Å². The van der Waals surface area contributed by atoms with E-state index in [0.29, 0.717) is 5.75 Å². The molecule has 0 radical (unpaired) electrons. The molecule has 0 aliphatic rings. The zero-order valence-electron chi connectivity index (χ0n) is 10.4. The van der Waals surface area contributed by atoms with Crippen molar-refractivity contribution in [1.29, 1.82) is 0 Å². The number of amides is 1. The molecule has 1 aromatic carbocycles. The number of nitrogens with one attached hydrogen (secondary N) is 1. The first-order valence-electron chi connectivity index (χ1n) is 4.77. The Kier molecular flexibility index (Phi) is 8.77. The summed E-state index contributed by atoms with van der Waals surface area (Å²) in [5, 5.41) is 20.1. The van der Waals surface area contributed by atoms with Crippen molar-refractivity contribution in [3.05, 3.63) is 24.3 Å². The van der Waals surface area contributed by atoms with Gasteiger partial charge in [-0.3, -0.25) is 4.48 Å². The van der Waals surface area contributed by atoms with E-state index in [1.54, 1.807) is 12.1 Å². The number of phenols is 1. The summed E-state index contributed by atoms with van der Waals surface area (Å²) in [5.74, 6) is 0.329. The van der Waals surface area contributed by atoms with E-state index in [0.717, 1.165) is 10.2 Å². The monoisotopic (exact) mass is 354 g/mol. The van der Waals surface area contributed by atoms with Crippen LogP contribution in [0.3, 0.4) is 0 Å². The highest BCUT2D eigenvalue weighted by molar-refractivity contribution is 14.0. The standard InChI is InChI=1S/C9H13NO.C2H5NO2.HI/c1-10(2,3)8-5-4-6-9(11)7-8;1-3-2(4)5;/h4-7H,1-3H3;3H,1H3,(H,4,5);1H. The first-order chi connectivity index (χ1) is 7.27. The van der Waals surface area contributed by atoms with Gasteiger partial charge in [0, 0.05) is 13.1 Å². The Morgan fingerprint density at radius 1 is 1.35 bits per heavy atom. The van der Waals surface area contributed by atoms with Gasteiger partial charge in [0.15, 0.2) is 0 Å². The lowest BCUT2D eigenvalue weighted by atomic mass is 10.2. The highest BCUT2D eigenvalue weighted by atomic mass is 127. The minimum atomic E-state index is -1.25. The molecule has 0 spiro atoms. The number of carboxylic acid groups (broad SMARTS) is 1. The van der Waals surface area contributed by atoms with Crippen LogP contribution in [-0.2, 0) is 0 Å². The Morgan fingerprint density at radius 3 is 2.06 bits per heavy atom. The fourth-order valence-electron chi connectivity index (χ4n) is 0.910. The molecule has 1 aromatic rings. The molecule has 1 amide bonds. The molecule has 0 atom stereocenters. The van der Waals surface area contributed by atoms with Crippen LogP contribution in [0.2, 0.25) is 0 Å². The largest absolute Gasteiger partial charge is 0.530 e. The highest BCUT2D eigenvalue weighted by Crippen LogP contribution is 2.21. The van der Waals surface area contributed by atoms with E-state index in [9.17, 15) is 0 Å². The predicted octanol–water partition coefficient (Wildman–Crippen LogP) is 0.756. The molecule has 5 nitrogen and oxygen atoms in total. The van der Waals surface area contributed by atoms with Crippen molar-refractivity contribution in [2.75, 3.05) is 28.2 Å². The van der Waals surface area contributed by atoms with E-state index in [4.69, 9.17) is 15.0 Å². The van der Waals surface area contributed by atoms with E-state index < -0.39 is 6.09 Å². The molecule has 98 valence electrons. The van der Waals surface area contributed by atoms with Gasteiger partial charge in [0.05, 0.1) is 21.1 Å². The van der Waals surface area contributed by atoms with E-state index in [1.165, 1.54) is 7.05 Å². The molecule has 0 fully saturated rings. The zero-order chi connectivity index (χ0) is 12.8. The van der Waals surface area contributed by atoms with Gasteiger partial charge in [0.25, 0.3) is 0 Å². The van der Waals surface area contributed by atoms with Crippen LogP contribution in [0, 0.1) is 0 Å². The van der Waals surface area contributed by atoms with Crippen LogP contribution in [0.15, 0.2) is 24.3 Å². The number of carbonyl (C=O) groups excluding carboxylic acids is 1. The fraction of sp³-hybridized carbons (Fsp3) is 0.364. The molecule has 0 heterocycles. The molecule has 17 heavy (non-hydrogen) atoms. The lowest BCUT2D eigenvalue weighted by Gasteiger charge is -2.23. The molecule has 0 aliphatic carbocycles. The van der Waals surface area contributed by atoms with E-state index >= 15 is 0 Å². The Bertz CT molecular complexity index is 351. The lowest BCUT2D eigenvalue weighted by Crippen LogP contribution is -2.34. The third-order valence-corrected chi connectivity index (χ3v) is 1.81. The molecule has 0 saturated carbocycles. The fourth-order valence-corrected chi connectivity index (χ4v) is 0.910. The molecular formula is C11H19IN2O3. The number of nitrogens with zero attached hydrogens (tertiary/aromatic N) is 1. The van der Waals surface area contributed by atoms with E-state index in [-0.39, 0.29) is 24.0 Å². The summed E-state index contributed by atoms with van der Waals surface area (Å²) in [5.41, 5.74) is 1.10. The van der Waals surface area contributed by atoms with Crippen molar-refractivity contribution in [3.8, 4) is 5.75 Å². The molecule has 0 unspecified atom stereocenters. The Labute approximate surface area is 119 Å². The molecule has 6 heteroatoms. The summed E-state index contributed by atoms with van der Waals surface area (Å²) in [6.07, 6.45) is -1.25. The summed E-state index contributed by atoms with van der Waals surface area (Å²) in [4.78, 5) is 9.15. The van der Waals surface area contributed by atoms with Crippen LogP contribution >= 0.6 is 24.0 Å². The average molecular weight is 354 g/mol. The SMILES string of the molecule is CNC(=O)[O-].C[N+](C)(C)c1cccc(O)c1.I. The first-order valence-corrected chi connectivity index (χ1v) is 4.77. The van der Waals surface area contributed by atoms with Crippen molar-refractivity contribution in [3.63, 3.8) is 0 Å². The van der Waals surface area contributed by atoms with Gasteiger partial charge >= 0.3 is 0 Å². The highest BCUT2D eigenvalue weighted by Gasteiger charge is 2.11. The van der Waals surface area contributed by atoms with Gasteiger partial charge in [-0.05, 0) is 12.1 Å². The summed E-state index contributed by atoms with van der Waals surface area (Å²) in [7, 11) is 7.48. The lowest BCUT2D eigenvalue weighted by molar-refractivity contribution is -0.250. The van der Waals surface area contributed by atoms with Crippen molar-refractivity contribution in [2.45, 2.75) is 0 Å². The second kappa shape index (κ2) is 8.13. The Hall–Kier alpha value is -1.02. The molecule has 0 bridgehead atoms. The number of rotatable bonds is 1. The van der Waals surface area contributed by atoms with Crippen LogP contribution in [0.4, 0.5) is 10.5 Å². The van der Waals surface area contributed by atoms with E-state index in [2.05, 4.69) is 21.1 Å². The summed E-state index contributed by atoms with van der Waals surface area (Å²) >= 11 is 0. The minimum absolute atomic E-state index is 0. The number of carbonyl (C=O) groups is 1. The van der Waals surface area contributed by atoms with Crippen molar-refractivity contribution < 1.29 is 15.0 Å². The van der Waals surface area contributed by atoms with Gasteiger partial charge < -0.3 is 20.3 Å². The molecule has 0 aliphatic heterocycles. The number of benzene rings is 1. The van der Waals surface area contributed by atoms with Gasteiger partial charge in [0.1, 0.15) is 17.5 Å². The van der Waals surface area contributed by atoms with Gasteiger partial charge in [-0.15, -0.1) is 24.0 Å². The Balaban J connectivity index is 0.